The third kappa shape index (κ3) is 41.6. The molecule has 0 bridgehead atoms. The van der Waals surface area contributed by atoms with Crippen LogP contribution in [0, 0.1) is 66.1 Å². The van der Waals surface area contributed by atoms with Gasteiger partial charge in [0.15, 0.2) is 0 Å². The predicted octanol–water partition coefficient (Wildman–Crippen LogP) is 33.7. The molecule has 1 aliphatic carbocycles. The number of hydrogen-bond acceptors (Lipinski definition) is 1. The third-order valence-corrected chi connectivity index (χ3v) is 20.7. The topological polar surface area (TPSA) is 44.5 Å². The van der Waals surface area contributed by atoms with Crippen molar-refractivity contribution in [3.8, 4) is 22.3 Å². The number of para-hydroxylation sites is 1. The number of nitrogens with zero attached hydrogens (tertiary/aromatic N) is 1. The summed E-state index contributed by atoms with van der Waals surface area (Å²) >= 11 is 0. The molecule has 3 nitrogen and oxygen atoms in total. The number of H-pyrrole nitrogens is 2. The van der Waals surface area contributed by atoms with Gasteiger partial charge in [0.1, 0.15) is 0 Å². The van der Waals surface area contributed by atoms with Gasteiger partial charge in [0.25, 0.3) is 0 Å². The minimum absolute atomic E-state index is 0. The molecule has 0 saturated heterocycles. The lowest BCUT2D eigenvalue weighted by atomic mass is 9.84. The molecule has 1 fully saturated rings. The monoisotopic (exact) mass is 1570 g/mol. The molecule has 0 amide bonds. The van der Waals surface area contributed by atoms with E-state index in [0.717, 1.165) is 72.5 Å². The molecule has 14 rings (SSSR count). The van der Waals surface area contributed by atoms with Crippen LogP contribution in [0.4, 0.5) is 0 Å². The molecule has 3 heteroatoms. The average Bonchev–Trinajstić information content (AvgIpc) is 1.65. The van der Waals surface area contributed by atoms with Crippen LogP contribution in [0.2, 0.25) is 0 Å². The highest BCUT2D eigenvalue weighted by molar-refractivity contribution is 5.86. The molecule has 1 saturated carbocycles. The zero-order chi connectivity index (χ0) is 83.8. The van der Waals surface area contributed by atoms with Gasteiger partial charge < -0.3 is 9.97 Å². The largest absolute Gasteiger partial charge is 0.361 e. The fourth-order valence-electron chi connectivity index (χ4n) is 14.6. The molecule has 117 heavy (non-hydrogen) atoms. The van der Waals surface area contributed by atoms with Gasteiger partial charge in [0, 0.05) is 29.0 Å². The van der Waals surface area contributed by atoms with Crippen LogP contribution in [0.3, 0.4) is 0 Å². The maximum atomic E-state index is 3.92. The summed E-state index contributed by atoms with van der Waals surface area (Å²) < 4.78 is 0. The van der Waals surface area contributed by atoms with Crippen molar-refractivity contribution >= 4 is 32.4 Å². The number of nitrogens with one attached hydrogen (secondary N) is 2. The second-order valence-corrected chi connectivity index (χ2v) is 36.3. The van der Waals surface area contributed by atoms with Crippen LogP contribution in [-0.4, -0.2) is 15.0 Å². The summed E-state index contributed by atoms with van der Waals surface area (Å²) in [6, 6.07) is 97.4. The molecule has 2 aromatic heterocycles. The van der Waals surface area contributed by atoms with Crippen molar-refractivity contribution in [1.29, 1.82) is 0 Å². The number of imidazole rings is 1. The van der Waals surface area contributed by atoms with E-state index in [-0.39, 0.29) is 7.43 Å². The number of rotatable bonds is 23. The molecule has 13 aromatic rings. The number of aromatic amines is 2. The number of hydrogen-bond donors (Lipinski definition) is 2. The van der Waals surface area contributed by atoms with Gasteiger partial charge in [-0.2, -0.15) is 0 Å². The normalized spacial score (nSPS) is 11.7. The molecular weight excluding hydrogens is 1410 g/mol. The lowest BCUT2D eigenvalue weighted by molar-refractivity contribution is 0.305. The van der Waals surface area contributed by atoms with E-state index in [1.165, 1.54) is 195 Å². The zero-order valence-electron chi connectivity index (χ0n) is 75.5. The average molecular weight is 1570 g/mol. The van der Waals surface area contributed by atoms with Crippen molar-refractivity contribution in [2.75, 3.05) is 0 Å². The first-order chi connectivity index (χ1) is 55.8. The van der Waals surface area contributed by atoms with Gasteiger partial charge in [-0.25, -0.2) is 4.98 Å². The lowest BCUT2D eigenvalue weighted by Crippen LogP contribution is -2.08. The summed E-state index contributed by atoms with van der Waals surface area (Å²) in [7, 11) is 0. The summed E-state index contributed by atoms with van der Waals surface area (Å²) in [4.78, 5) is 10.3. The van der Waals surface area contributed by atoms with Gasteiger partial charge in [-0.15, -0.1) is 0 Å². The molecule has 0 aliphatic heterocycles. The second kappa shape index (κ2) is 56.1. The maximum absolute atomic E-state index is 3.92. The molecule has 0 unspecified atom stereocenters. The summed E-state index contributed by atoms with van der Waals surface area (Å²) in [5.74, 6) is 8.02. The van der Waals surface area contributed by atoms with Gasteiger partial charge in [-0.05, 0) is 232 Å². The van der Waals surface area contributed by atoms with Gasteiger partial charge in [0.2, 0.25) is 0 Å². The van der Waals surface area contributed by atoms with E-state index in [2.05, 4.69) is 426 Å². The Morgan fingerprint density at radius 1 is 0.308 bits per heavy atom. The molecule has 2 N–H and O–H groups in total. The van der Waals surface area contributed by atoms with Crippen molar-refractivity contribution in [1.82, 2.24) is 15.0 Å². The van der Waals surface area contributed by atoms with E-state index >= 15 is 0 Å². The number of benzene rings is 11. The standard InChI is InChI=1S/C17H20.C16H18.2C14H16.C12H15N.C12H18.C11H16.C10H20.C7H12N2.CH4/c1-14(2)8-9-15-10-12-17(13-11-15)16-6-4-3-5-7-16;1-13(2)12-14-8-10-16(11-9-14)15-6-4-3-5-7-15;1-11(2)10-13-8-5-7-12-6-3-4-9-14(12)13;1-11(2)9-12-7-8-13-5-3-4-6-14(13)10-12;1-9(2)7-10-8-13-12-6-4-3-5-11(10)12;1-10(2)4-7-12-8-5-11(3)6-9-12;1-10(2)8-9-11-6-4-3-5-7-11;1-9(2)8-10-6-4-3-5-7-10;1-6(2)3-7-4-8-5-9-7;/h3-7,10-14H,8-9H2,1-2H3;3-11,13H,12H2,1-2H3;3-9,11H,10H2,1-2H3;3-8,10-11H,9H2,1-2H3;3-6,8-9,13H,7H2,1-2H3;5-6,8-10H,4,7H2,1-3H3;3-7,10H,8-9H2,1-2H3;9-10H,3-8H2,1-2H3;4-6H,3H2,1-2H3,(H,8,9);1H4. The van der Waals surface area contributed by atoms with Crippen LogP contribution in [0.25, 0.3) is 54.7 Å². The molecule has 0 spiro atoms. The van der Waals surface area contributed by atoms with Crippen LogP contribution in [0.5, 0.6) is 0 Å². The highest BCUT2D eigenvalue weighted by Crippen LogP contribution is 2.30. The Kier molecular flexibility index (Phi) is 47.2. The minimum Gasteiger partial charge on any atom is -0.361 e. The van der Waals surface area contributed by atoms with E-state index < -0.39 is 0 Å². The molecule has 1 aliphatic rings. The predicted molar refractivity (Wildman–Crippen MR) is 521 cm³/mol. The first-order valence-electron chi connectivity index (χ1n) is 44.7. The number of aromatic nitrogens is 3. The Balaban J connectivity index is 0.000000236. The molecule has 2 heterocycles. The van der Waals surface area contributed by atoms with Gasteiger partial charge >= 0.3 is 0 Å². The quantitative estimate of drug-likeness (QED) is 0.0659. The first-order valence-corrected chi connectivity index (χ1v) is 44.7. The van der Waals surface area contributed by atoms with Crippen molar-refractivity contribution in [2.24, 2.45) is 59.2 Å². The third-order valence-electron chi connectivity index (χ3n) is 20.7. The number of aryl methyl sites for hydroxylation is 4. The second-order valence-electron chi connectivity index (χ2n) is 36.3. The molecule has 0 atom stereocenters. The smallest absolute Gasteiger partial charge is 0.0921 e. The lowest BCUT2D eigenvalue weighted by Gasteiger charge is -2.22. The molecule has 0 radical (unpaired) electrons. The Morgan fingerprint density at radius 2 is 0.709 bits per heavy atom. The van der Waals surface area contributed by atoms with Crippen molar-refractivity contribution in [3.05, 3.63) is 342 Å². The van der Waals surface area contributed by atoms with E-state index in [0.29, 0.717) is 5.92 Å². The summed E-state index contributed by atoms with van der Waals surface area (Å²) in [5.41, 5.74) is 19.2. The summed E-state index contributed by atoms with van der Waals surface area (Å²) in [6.45, 7) is 42.9. The van der Waals surface area contributed by atoms with Crippen LogP contribution in [0.1, 0.15) is 240 Å². The fourth-order valence-corrected chi connectivity index (χ4v) is 14.6. The Morgan fingerprint density at radius 3 is 1.20 bits per heavy atom. The summed E-state index contributed by atoms with van der Waals surface area (Å²) in [6.07, 6.45) is 28.0. The van der Waals surface area contributed by atoms with E-state index in [9.17, 15) is 0 Å². The Bertz CT molecular complexity index is 4570. The van der Waals surface area contributed by atoms with Gasteiger partial charge in [-0.3, -0.25) is 0 Å². The van der Waals surface area contributed by atoms with Crippen LogP contribution in [-0.2, 0) is 51.4 Å². The van der Waals surface area contributed by atoms with Crippen molar-refractivity contribution in [2.45, 2.75) is 248 Å². The SMILES string of the molecule is C.CC(C)CC1CCCCC1.CC(C)CCc1ccc(-c2ccccc2)cc1.CC(C)CCc1ccccc1.CC(C)Cc1c[nH]c2ccccc12.CC(C)Cc1ccc(-c2ccccc2)cc1.CC(C)Cc1ccc2ccccc2c1.CC(C)Cc1cccc2ccccc12.CC(C)Cc1cnc[nH]1.Cc1ccc(CCC(C)C)cc1. The van der Waals surface area contributed by atoms with E-state index in [4.69, 9.17) is 0 Å². The van der Waals surface area contributed by atoms with Crippen LogP contribution >= 0.6 is 0 Å². The van der Waals surface area contributed by atoms with Crippen molar-refractivity contribution in [3.63, 3.8) is 0 Å². The van der Waals surface area contributed by atoms with E-state index in [1.807, 2.05) is 6.20 Å². The maximum Gasteiger partial charge on any atom is 0.0921 e. The van der Waals surface area contributed by atoms with Crippen LogP contribution < -0.4 is 0 Å². The van der Waals surface area contributed by atoms with Gasteiger partial charge in [0.05, 0.1) is 6.33 Å². The van der Waals surface area contributed by atoms with Crippen LogP contribution in [0.15, 0.2) is 292 Å². The number of fused-ring (bicyclic) bond motifs is 3. The molecular formula is C114H155N3. The van der Waals surface area contributed by atoms with Crippen molar-refractivity contribution < 1.29 is 0 Å². The highest BCUT2D eigenvalue weighted by atomic mass is 14.9. The first kappa shape index (κ1) is 98.3. The van der Waals surface area contributed by atoms with Gasteiger partial charge in [-0.1, -0.05) is 437 Å². The fraction of sp³-hybridized carbons (Fsp3) is 0.412. The Labute approximate surface area is 714 Å². The Hall–Kier alpha value is -9.31. The van der Waals surface area contributed by atoms with E-state index in [1.54, 1.807) is 6.33 Å². The summed E-state index contributed by atoms with van der Waals surface area (Å²) in [5, 5.41) is 6.82. The minimum atomic E-state index is 0. The molecule has 11 aromatic carbocycles. The highest BCUT2D eigenvalue weighted by Gasteiger charge is 2.14. The molecule has 626 valence electrons. The zero-order valence-corrected chi connectivity index (χ0v) is 75.5.